The Morgan fingerprint density at radius 1 is 0.871 bits per heavy atom. The molecule has 2 amide bonds. The van der Waals surface area contributed by atoms with Crippen LogP contribution in [0.3, 0.4) is 0 Å². The van der Waals surface area contributed by atoms with Gasteiger partial charge in [0.15, 0.2) is 0 Å². The number of carbonyl (C=O) groups excluding carboxylic acids is 2. The van der Waals surface area contributed by atoms with Crippen molar-refractivity contribution in [3.8, 4) is 5.75 Å². The first-order chi connectivity index (χ1) is 14.4. The van der Waals surface area contributed by atoms with Gasteiger partial charge in [0.1, 0.15) is 5.75 Å². The maximum absolute atomic E-state index is 12.7. The maximum atomic E-state index is 12.7. The number of halogens is 1. The Bertz CT molecular complexity index is 933. The molecule has 0 aliphatic heterocycles. The number of amides is 2. The van der Waals surface area contributed by atoms with Crippen molar-refractivity contribution in [1.29, 1.82) is 0 Å². The van der Waals surface area contributed by atoms with Crippen LogP contribution >= 0.6 is 15.9 Å². The van der Waals surface area contributed by atoms with Crippen molar-refractivity contribution in [2.45, 2.75) is 53.9 Å². The van der Waals surface area contributed by atoms with Crippen molar-refractivity contribution in [2.24, 2.45) is 10.8 Å². The minimum atomic E-state index is -0.313. The molecule has 0 unspecified atom stereocenters. The van der Waals surface area contributed by atoms with Gasteiger partial charge in [-0.3, -0.25) is 9.59 Å². The highest BCUT2D eigenvalue weighted by molar-refractivity contribution is 9.10. The minimum absolute atomic E-state index is 0.0463. The Balaban J connectivity index is 2.12. The molecule has 0 aromatic heterocycles. The molecule has 0 saturated heterocycles. The molecule has 6 heteroatoms. The molecule has 2 N–H and O–H groups in total. The number of hydrogen-bond acceptors (Lipinski definition) is 3. The molecule has 168 valence electrons. The first kappa shape index (κ1) is 24.9. The fraction of sp³-hybridized carbons (Fsp3) is 0.440. The second-order valence-electron chi connectivity index (χ2n) is 9.83. The molecular weight excluding hydrogens is 456 g/mol. The van der Waals surface area contributed by atoms with Gasteiger partial charge in [-0.1, -0.05) is 58.9 Å². The van der Waals surface area contributed by atoms with Gasteiger partial charge in [-0.2, -0.15) is 0 Å². The molecule has 0 atom stereocenters. The SMILES string of the molecule is COc1c(CC(C)(C)CC(=O)Nc2ccccc2Br)cccc1NC(=O)CC(C)(C)C. The molecule has 2 aromatic carbocycles. The number of methoxy groups -OCH3 is 1. The van der Waals surface area contributed by atoms with Gasteiger partial charge in [0, 0.05) is 17.3 Å². The largest absolute Gasteiger partial charge is 0.494 e. The van der Waals surface area contributed by atoms with E-state index in [1.165, 1.54) is 0 Å². The summed E-state index contributed by atoms with van der Waals surface area (Å²) in [5, 5.41) is 5.94. The standard InChI is InChI=1S/C25H33BrN2O3/c1-24(2,3)15-21(29)28-20-13-9-10-17(23(20)31-6)14-25(4,5)16-22(30)27-19-12-8-7-11-18(19)26/h7-13H,14-16H2,1-6H3,(H,27,30)(H,28,29). The van der Waals surface area contributed by atoms with Crippen LogP contribution < -0.4 is 15.4 Å². The normalized spacial score (nSPS) is 11.7. The van der Waals surface area contributed by atoms with Crippen molar-refractivity contribution >= 4 is 39.1 Å². The molecule has 2 aromatic rings. The Morgan fingerprint density at radius 3 is 2.06 bits per heavy atom. The molecule has 0 spiro atoms. The van der Waals surface area contributed by atoms with Gasteiger partial charge >= 0.3 is 0 Å². The quantitative estimate of drug-likeness (QED) is 0.449. The van der Waals surface area contributed by atoms with Gasteiger partial charge in [-0.15, -0.1) is 0 Å². The van der Waals surface area contributed by atoms with Crippen molar-refractivity contribution in [2.75, 3.05) is 17.7 Å². The Kier molecular flexibility index (Phi) is 8.29. The van der Waals surface area contributed by atoms with Gasteiger partial charge in [0.25, 0.3) is 0 Å². The first-order valence-corrected chi connectivity index (χ1v) is 11.2. The van der Waals surface area contributed by atoms with Gasteiger partial charge in [0.05, 0.1) is 18.5 Å². The van der Waals surface area contributed by atoms with Crippen molar-refractivity contribution < 1.29 is 14.3 Å². The molecule has 0 saturated carbocycles. The fourth-order valence-electron chi connectivity index (χ4n) is 3.51. The highest BCUT2D eigenvalue weighted by Gasteiger charge is 2.26. The average molecular weight is 489 g/mol. The zero-order valence-electron chi connectivity index (χ0n) is 19.3. The highest BCUT2D eigenvalue weighted by Crippen LogP contribution is 2.36. The van der Waals surface area contributed by atoms with Crippen LogP contribution in [-0.4, -0.2) is 18.9 Å². The summed E-state index contributed by atoms with van der Waals surface area (Å²) in [6.07, 6.45) is 1.39. The highest BCUT2D eigenvalue weighted by atomic mass is 79.9. The molecule has 5 nitrogen and oxygen atoms in total. The second-order valence-corrected chi connectivity index (χ2v) is 10.7. The average Bonchev–Trinajstić information content (AvgIpc) is 2.61. The van der Waals surface area contributed by atoms with Crippen LogP contribution in [0, 0.1) is 10.8 Å². The molecular formula is C25H33BrN2O3. The predicted octanol–water partition coefficient (Wildman–Crippen LogP) is 6.43. The van der Waals surface area contributed by atoms with E-state index < -0.39 is 0 Å². The van der Waals surface area contributed by atoms with Crippen molar-refractivity contribution in [1.82, 2.24) is 0 Å². The zero-order valence-corrected chi connectivity index (χ0v) is 20.9. The Hall–Kier alpha value is -2.34. The van der Waals surface area contributed by atoms with E-state index in [9.17, 15) is 9.59 Å². The molecule has 0 aliphatic carbocycles. The lowest BCUT2D eigenvalue weighted by Gasteiger charge is -2.26. The fourth-order valence-corrected chi connectivity index (χ4v) is 3.89. The number of ether oxygens (including phenoxy) is 1. The molecule has 0 radical (unpaired) electrons. The summed E-state index contributed by atoms with van der Waals surface area (Å²) in [7, 11) is 1.60. The number of para-hydroxylation sites is 2. The number of nitrogens with one attached hydrogen (secondary N) is 2. The van der Waals surface area contributed by atoms with Crippen LogP contribution in [0.2, 0.25) is 0 Å². The second kappa shape index (κ2) is 10.3. The smallest absolute Gasteiger partial charge is 0.224 e. The van der Waals surface area contributed by atoms with Crippen LogP contribution in [0.4, 0.5) is 11.4 Å². The molecule has 2 rings (SSSR count). The monoisotopic (exact) mass is 488 g/mol. The van der Waals surface area contributed by atoms with Gasteiger partial charge in [-0.25, -0.2) is 0 Å². The third-order valence-corrected chi connectivity index (χ3v) is 5.41. The summed E-state index contributed by atoms with van der Waals surface area (Å²) in [6.45, 7) is 10.2. The van der Waals surface area contributed by atoms with Crippen LogP contribution in [0.25, 0.3) is 0 Å². The van der Waals surface area contributed by atoms with Crippen LogP contribution in [0.5, 0.6) is 5.75 Å². The third-order valence-electron chi connectivity index (χ3n) is 4.72. The van der Waals surface area contributed by atoms with Crippen LogP contribution in [0.15, 0.2) is 46.9 Å². The lowest BCUT2D eigenvalue weighted by atomic mass is 9.82. The third kappa shape index (κ3) is 8.02. The van der Waals surface area contributed by atoms with E-state index in [2.05, 4.69) is 40.4 Å². The van der Waals surface area contributed by atoms with E-state index in [-0.39, 0.29) is 22.6 Å². The van der Waals surface area contributed by atoms with Crippen molar-refractivity contribution in [3.63, 3.8) is 0 Å². The lowest BCUT2D eigenvalue weighted by Crippen LogP contribution is -2.25. The Labute approximate surface area is 194 Å². The van der Waals surface area contributed by atoms with Crippen LogP contribution in [0.1, 0.15) is 53.0 Å². The summed E-state index contributed by atoms with van der Waals surface area (Å²) in [5.41, 5.74) is 1.95. The topological polar surface area (TPSA) is 67.4 Å². The summed E-state index contributed by atoms with van der Waals surface area (Å²) in [6, 6.07) is 13.3. The van der Waals surface area contributed by atoms with E-state index >= 15 is 0 Å². The maximum Gasteiger partial charge on any atom is 0.224 e. The summed E-state index contributed by atoms with van der Waals surface area (Å²) < 4.78 is 6.50. The molecule has 0 aliphatic rings. The van der Waals surface area contributed by atoms with Gasteiger partial charge < -0.3 is 15.4 Å². The molecule has 31 heavy (non-hydrogen) atoms. The number of carbonyl (C=O) groups is 2. The number of rotatable bonds is 8. The predicted molar refractivity (Wildman–Crippen MR) is 131 cm³/mol. The van der Waals surface area contributed by atoms with Gasteiger partial charge in [0.2, 0.25) is 11.8 Å². The number of anilines is 2. The molecule has 0 fully saturated rings. The van der Waals surface area contributed by atoms with E-state index in [1.807, 2.05) is 63.2 Å². The minimum Gasteiger partial charge on any atom is -0.494 e. The summed E-state index contributed by atoms with van der Waals surface area (Å²) in [4.78, 5) is 25.1. The van der Waals surface area contributed by atoms with Crippen LogP contribution in [-0.2, 0) is 16.0 Å². The summed E-state index contributed by atoms with van der Waals surface area (Å²) >= 11 is 3.46. The van der Waals surface area contributed by atoms with Crippen molar-refractivity contribution in [3.05, 3.63) is 52.5 Å². The van der Waals surface area contributed by atoms with Gasteiger partial charge in [-0.05, 0) is 56.9 Å². The zero-order chi connectivity index (χ0) is 23.2. The number of hydrogen-bond donors (Lipinski definition) is 2. The van der Waals surface area contributed by atoms with E-state index in [0.29, 0.717) is 30.7 Å². The van der Waals surface area contributed by atoms with E-state index in [4.69, 9.17) is 4.74 Å². The van der Waals surface area contributed by atoms with E-state index in [1.54, 1.807) is 7.11 Å². The molecule has 0 bridgehead atoms. The van der Waals surface area contributed by atoms with E-state index in [0.717, 1.165) is 15.7 Å². The first-order valence-electron chi connectivity index (χ1n) is 10.4. The lowest BCUT2D eigenvalue weighted by molar-refractivity contribution is -0.118. The Morgan fingerprint density at radius 2 is 1.45 bits per heavy atom. The summed E-state index contributed by atoms with van der Waals surface area (Å²) in [5.74, 6) is 0.546. The number of benzene rings is 2. The molecule has 0 heterocycles.